The van der Waals surface area contributed by atoms with E-state index in [1.54, 1.807) is 12.1 Å². The number of ether oxygens (including phenoxy) is 2. The van der Waals surface area contributed by atoms with Crippen LogP contribution in [0.5, 0.6) is 11.5 Å². The Morgan fingerprint density at radius 3 is 2.00 bits per heavy atom. The van der Waals surface area contributed by atoms with Gasteiger partial charge >= 0.3 is 5.97 Å². The van der Waals surface area contributed by atoms with Crippen LogP contribution in [0.15, 0.2) is 54.6 Å². The normalized spacial score (nSPS) is 10.7. The number of benzene rings is 2. The Bertz CT molecular complexity index is 657. The van der Waals surface area contributed by atoms with Gasteiger partial charge in [0.05, 0.1) is 0 Å². The van der Waals surface area contributed by atoms with Gasteiger partial charge in [-0.1, -0.05) is 37.6 Å². The number of carbonyl (C=O) groups is 1. The summed E-state index contributed by atoms with van der Waals surface area (Å²) in [4.78, 5) is 10.5. The first-order valence-electron chi connectivity index (χ1n) is 8.03. The van der Waals surface area contributed by atoms with Crippen LogP contribution in [0.1, 0.15) is 24.5 Å². The summed E-state index contributed by atoms with van der Waals surface area (Å²) in [6.45, 7) is 3.07. The van der Waals surface area contributed by atoms with Crippen LogP contribution in [0, 0.1) is 0 Å². The molecule has 126 valence electrons. The first-order chi connectivity index (χ1) is 11.7. The molecule has 2 rings (SSSR count). The number of aliphatic carboxylic acids is 1. The van der Waals surface area contributed by atoms with Crippen molar-refractivity contribution in [2.24, 2.45) is 0 Å². The van der Waals surface area contributed by atoms with E-state index in [1.165, 1.54) is 11.6 Å². The summed E-state index contributed by atoms with van der Waals surface area (Å²) >= 11 is 0. The standard InChI is InChI=1S/C20H22O4/c1-2-3-16-4-9-18(10-5-16)23-14-15-24-19-11-6-17(7-12-19)8-13-20(21)22/h4-13H,2-3,14-15H2,1H3,(H,21,22). The molecule has 0 spiro atoms. The highest BCUT2D eigenvalue weighted by Gasteiger charge is 1.97. The zero-order valence-corrected chi connectivity index (χ0v) is 13.8. The maximum atomic E-state index is 10.5. The highest BCUT2D eigenvalue weighted by atomic mass is 16.5. The molecule has 0 saturated heterocycles. The lowest BCUT2D eigenvalue weighted by Crippen LogP contribution is -2.08. The fourth-order valence-corrected chi connectivity index (χ4v) is 2.20. The van der Waals surface area contributed by atoms with E-state index in [9.17, 15) is 4.79 Å². The third kappa shape index (κ3) is 6.16. The number of rotatable bonds is 9. The van der Waals surface area contributed by atoms with Crippen LogP contribution < -0.4 is 9.47 Å². The minimum absolute atomic E-state index is 0.445. The lowest BCUT2D eigenvalue weighted by molar-refractivity contribution is -0.131. The topological polar surface area (TPSA) is 55.8 Å². The van der Waals surface area contributed by atoms with E-state index in [4.69, 9.17) is 14.6 Å². The third-order valence-electron chi connectivity index (χ3n) is 3.38. The van der Waals surface area contributed by atoms with E-state index < -0.39 is 5.97 Å². The second kappa shape index (κ2) is 9.40. The Morgan fingerprint density at radius 1 is 0.958 bits per heavy atom. The Morgan fingerprint density at radius 2 is 1.50 bits per heavy atom. The lowest BCUT2D eigenvalue weighted by atomic mass is 10.1. The molecule has 0 aliphatic rings. The van der Waals surface area contributed by atoms with Crippen molar-refractivity contribution >= 4 is 12.0 Å². The molecule has 2 aromatic rings. The Labute approximate surface area is 142 Å². The molecule has 0 saturated carbocycles. The van der Waals surface area contributed by atoms with E-state index in [0.29, 0.717) is 13.2 Å². The lowest BCUT2D eigenvalue weighted by Gasteiger charge is -2.09. The van der Waals surface area contributed by atoms with Crippen molar-refractivity contribution in [2.45, 2.75) is 19.8 Å². The number of aryl methyl sites for hydroxylation is 1. The summed E-state index contributed by atoms with van der Waals surface area (Å²) in [6, 6.07) is 15.4. The van der Waals surface area contributed by atoms with Gasteiger partial charge in [0.25, 0.3) is 0 Å². The molecule has 1 N–H and O–H groups in total. The van der Waals surface area contributed by atoms with E-state index in [-0.39, 0.29) is 0 Å². The van der Waals surface area contributed by atoms with Crippen molar-refractivity contribution in [1.82, 2.24) is 0 Å². The molecule has 0 aliphatic carbocycles. The minimum Gasteiger partial charge on any atom is -0.490 e. The molecule has 24 heavy (non-hydrogen) atoms. The molecule has 0 bridgehead atoms. The first-order valence-corrected chi connectivity index (χ1v) is 8.03. The molecular formula is C20H22O4. The van der Waals surface area contributed by atoms with Gasteiger partial charge in [-0.05, 0) is 47.9 Å². The summed E-state index contributed by atoms with van der Waals surface area (Å²) < 4.78 is 11.3. The van der Waals surface area contributed by atoms with Gasteiger partial charge in [-0.15, -0.1) is 0 Å². The Hall–Kier alpha value is -2.75. The molecule has 0 unspecified atom stereocenters. The predicted molar refractivity (Wildman–Crippen MR) is 94.5 cm³/mol. The fraction of sp³-hybridized carbons (Fsp3) is 0.250. The molecule has 0 heterocycles. The predicted octanol–water partition coefficient (Wildman–Crippen LogP) is 4.19. The number of carboxylic acid groups (broad SMARTS) is 1. The minimum atomic E-state index is -0.963. The van der Waals surface area contributed by atoms with Gasteiger partial charge in [-0.3, -0.25) is 0 Å². The number of carboxylic acids is 1. The molecule has 4 heteroatoms. The van der Waals surface area contributed by atoms with Crippen molar-refractivity contribution in [1.29, 1.82) is 0 Å². The smallest absolute Gasteiger partial charge is 0.328 e. The van der Waals surface area contributed by atoms with Crippen molar-refractivity contribution in [2.75, 3.05) is 13.2 Å². The van der Waals surface area contributed by atoms with Gasteiger partial charge in [0.15, 0.2) is 0 Å². The summed E-state index contributed by atoms with van der Waals surface area (Å²) in [5, 5.41) is 8.58. The summed E-state index contributed by atoms with van der Waals surface area (Å²) in [5.74, 6) is 0.604. The van der Waals surface area contributed by atoms with E-state index in [1.807, 2.05) is 24.3 Å². The summed E-state index contributed by atoms with van der Waals surface area (Å²) in [6.07, 6.45) is 4.87. The van der Waals surface area contributed by atoms with Gasteiger partial charge in [-0.2, -0.15) is 0 Å². The quantitative estimate of drug-likeness (QED) is 0.554. The molecule has 4 nitrogen and oxygen atoms in total. The number of hydrogen-bond acceptors (Lipinski definition) is 3. The van der Waals surface area contributed by atoms with Gasteiger partial charge in [-0.25, -0.2) is 4.79 Å². The van der Waals surface area contributed by atoms with Crippen LogP contribution in [0.2, 0.25) is 0 Å². The summed E-state index contributed by atoms with van der Waals surface area (Å²) in [5.41, 5.74) is 2.13. The van der Waals surface area contributed by atoms with Crippen molar-refractivity contribution in [3.05, 3.63) is 65.7 Å². The first kappa shape index (κ1) is 17.6. The molecule has 0 amide bonds. The number of hydrogen-bond donors (Lipinski definition) is 1. The summed E-state index contributed by atoms with van der Waals surface area (Å²) in [7, 11) is 0. The van der Waals surface area contributed by atoms with Crippen molar-refractivity contribution in [3.63, 3.8) is 0 Å². The Kier molecular flexibility index (Phi) is 6.90. The molecule has 0 atom stereocenters. The molecule has 2 aromatic carbocycles. The van der Waals surface area contributed by atoms with Crippen LogP contribution in [0.4, 0.5) is 0 Å². The zero-order chi connectivity index (χ0) is 17.2. The van der Waals surface area contributed by atoms with Crippen LogP contribution in [0.25, 0.3) is 6.08 Å². The van der Waals surface area contributed by atoms with Crippen LogP contribution in [-0.2, 0) is 11.2 Å². The molecule has 0 fully saturated rings. The fourth-order valence-electron chi connectivity index (χ4n) is 2.20. The third-order valence-corrected chi connectivity index (χ3v) is 3.38. The van der Waals surface area contributed by atoms with Crippen LogP contribution in [0.3, 0.4) is 0 Å². The van der Waals surface area contributed by atoms with Crippen molar-refractivity contribution < 1.29 is 19.4 Å². The average Bonchev–Trinajstić information content (AvgIpc) is 2.59. The zero-order valence-electron chi connectivity index (χ0n) is 13.8. The van der Waals surface area contributed by atoms with Gasteiger partial charge in [0.2, 0.25) is 0 Å². The highest BCUT2D eigenvalue weighted by molar-refractivity contribution is 5.85. The maximum Gasteiger partial charge on any atom is 0.328 e. The molecular weight excluding hydrogens is 304 g/mol. The highest BCUT2D eigenvalue weighted by Crippen LogP contribution is 2.15. The van der Waals surface area contributed by atoms with Crippen LogP contribution >= 0.6 is 0 Å². The van der Waals surface area contributed by atoms with E-state index in [2.05, 4.69) is 19.1 Å². The van der Waals surface area contributed by atoms with Crippen LogP contribution in [-0.4, -0.2) is 24.3 Å². The van der Waals surface area contributed by atoms with E-state index in [0.717, 1.165) is 36.0 Å². The second-order valence-electron chi connectivity index (χ2n) is 5.33. The van der Waals surface area contributed by atoms with Gasteiger partial charge < -0.3 is 14.6 Å². The maximum absolute atomic E-state index is 10.5. The monoisotopic (exact) mass is 326 g/mol. The molecule has 0 aromatic heterocycles. The second-order valence-corrected chi connectivity index (χ2v) is 5.33. The largest absolute Gasteiger partial charge is 0.490 e. The van der Waals surface area contributed by atoms with Crippen molar-refractivity contribution in [3.8, 4) is 11.5 Å². The SMILES string of the molecule is CCCc1ccc(OCCOc2ccc(C=CC(=O)O)cc2)cc1. The average molecular weight is 326 g/mol. The van der Waals surface area contributed by atoms with Gasteiger partial charge in [0.1, 0.15) is 24.7 Å². The van der Waals surface area contributed by atoms with E-state index >= 15 is 0 Å². The van der Waals surface area contributed by atoms with Gasteiger partial charge in [0, 0.05) is 6.08 Å². The molecule has 0 aliphatic heterocycles. The molecule has 0 radical (unpaired) electrons. The Balaban J connectivity index is 1.72.